The van der Waals surface area contributed by atoms with E-state index in [0.717, 1.165) is 30.8 Å². The Morgan fingerprint density at radius 1 is 1.19 bits per heavy atom. The van der Waals surface area contributed by atoms with Crippen LogP contribution in [0.3, 0.4) is 0 Å². The fourth-order valence-corrected chi connectivity index (χ4v) is 3.30. The van der Waals surface area contributed by atoms with E-state index < -0.39 is 11.6 Å². The van der Waals surface area contributed by atoms with Crippen molar-refractivity contribution in [3.8, 4) is 11.3 Å². The molecule has 2 aromatic heterocycles. The molecule has 170 valence electrons. The molecule has 1 fully saturated rings. The van der Waals surface area contributed by atoms with Gasteiger partial charge in [-0.15, -0.1) is 0 Å². The molecule has 0 aliphatic carbocycles. The van der Waals surface area contributed by atoms with Gasteiger partial charge in [-0.25, -0.2) is 18.3 Å². The lowest BCUT2D eigenvalue weighted by Crippen LogP contribution is -2.60. The Hall–Kier alpha value is -3.20. The number of amides is 1. The van der Waals surface area contributed by atoms with Crippen LogP contribution in [0, 0.1) is 11.6 Å². The molecule has 1 aromatic carbocycles. The molecule has 0 unspecified atom stereocenters. The van der Waals surface area contributed by atoms with Gasteiger partial charge in [-0.05, 0) is 51.1 Å². The maximum absolute atomic E-state index is 13.4. The second-order valence-corrected chi connectivity index (χ2v) is 8.56. The minimum Gasteiger partial charge on any atom is -0.353 e. The molecule has 1 aliphatic heterocycles. The number of imidazole rings is 1. The highest BCUT2D eigenvalue weighted by Gasteiger charge is 2.34. The molecule has 4 rings (SSSR count). The summed E-state index contributed by atoms with van der Waals surface area (Å²) in [4.78, 5) is 28.4. The molecule has 1 aliphatic rings. The molecular formula is C23H27F2N5O2. The number of likely N-dealkylation sites (N-methyl/N-ethyl adjacent to an activating group) is 1. The molecule has 0 radical (unpaired) electrons. The summed E-state index contributed by atoms with van der Waals surface area (Å²) in [6.45, 7) is 9.56. The predicted octanol–water partition coefficient (Wildman–Crippen LogP) is 3.44. The number of carbonyl (C=O) groups is 2. The number of hydrogen-bond donors (Lipinski definition) is 1. The van der Waals surface area contributed by atoms with Crippen LogP contribution in [-0.4, -0.2) is 57.4 Å². The van der Waals surface area contributed by atoms with Crippen molar-refractivity contribution in [2.45, 2.75) is 39.2 Å². The third kappa shape index (κ3) is 4.67. The van der Waals surface area contributed by atoms with Crippen molar-refractivity contribution in [1.82, 2.24) is 24.8 Å². The number of nitrogens with one attached hydrogen (secondary N) is 1. The van der Waals surface area contributed by atoms with Gasteiger partial charge in [-0.3, -0.25) is 14.5 Å². The summed E-state index contributed by atoms with van der Waals surface area (Å²) >= 11 is 0. The van der Waals surface area contributed by atoms with E-state index in [-0.39, 0.29) is 23.1 Å². The number of aldehydes is 1. The number of aromatic nitrogens is 3. The Labute approximate surface area is 185 Å². The van der Waals surface area contributed by atoms with Gasteiger partial charge in [0, 0.05) is 24.2 Å². The van der Waals surface area contributed by atoms with Crippen LogP contribution in [0.5, 0.6) is 0 Å². The molecule has 9 heteroatoms. The second-order valence-electron chi connectivity index (χ2n) is 8.56. The topological polar surface area (TPSA) is 79.6 Å². The number of halogens is 2. The molecular weight excluding hydrogens is 416 g/mol. The van der Waals surface area contributed by atoms with Crippen molar-refractivity contribution in [1.29, 1.82) is 0 Å². The summed E-state index contributed by atoms with van der Waals surface area (Å²) in [6.07, 6.45) is 2.16. The molecule has 0 atom stereocenters. The number of piperazine rings is 1. The fourth-order valence-electron chi connectivity index (χ4n) is 3.30. The molecule has 3 heterocycles. The van der Waals surface area contributed by atoms with Crippen molar-refractivity contribution in [2.24, 2.45) is 0 Å². The summed E-state index contributed by atoms with van der Waals surface area (Å²) < 4.78 is 28.0. The molecule has 0 saturated carbocycles. The first-order valence-corrected chi connectivity index (χ1v) is 10.3. The van der Waals surface area contributed by atoms with E-state index in [2.05, 4.69) is 20.3 Å². The third-order valence-electron chi connectivity index (χ3n) is 5.67. The molecule has 32 heavy (non-hydrogen) atoms. The van der Waals surface area contributed by atoms with Crippen LogP contribution in [-0.2, 0) is 4.79 Å². The molecule has 0 bridgehead atoms. The van der Waals surface area contributed by atoms with Gasteiger partial charge in [0.2, 0.25) is 5.91 Å². The monoisotopic (exact) mass is 443 g/mol. The van der Waals surface area contributed by atoms with Gasteiger partial charge >= 0.3 is 0 Å². The molecule has 7 nitrogen and oxygen atoms in total. The van der Waals surface area contributed by atoms with Gasteiger partial charge < -0.3 is 5.32 Å². The first-order valence-electron chi connectivity index (χ1n) is 10.3. The largest absolute Gasteiger partial charge is 0.353 e. The van der Waals surface area contributed by atoms with Crippen molar-refractivity contribution in [3.05, 3.63) is 53.4 Å². The van der Waals surface area contributed by atoms with Crippen LogP contribution in [0.25, 0.3) is 16.9 Å². The maximum atomic E-state index is 13.4. The van der Waals surface area contributed by atoms with Gasteiger partial charge in [0.05, 0.1) is 17.4 Å². The van der Waals surface area contributed by atoms with Gasteiger partial charge in [0.15, 0.2) is 23.6 Å². The normalized spacial score (nSPS) is 15.9. The summed E-state index contributed by atoms with van der Waals surface area (Å²) in [5, 5.41) is 7.16. The molecule has 0 spiro atoms. The maximum Gasteiger partial charge on any atom is 0.239 e. The average molecular weight is 443 g/mol. The summed E-state index contributed by atoms with van der Waals surface area (Å²) in [5.41, 5.74) is 2.37. The Balaban J connectivity index is 0.000000243. The first-order chi connectivity index (χ1) is 15.0. The van der Waals surface area contributed by atoms with E-state index in [1.165, 1.54) is 16.8 Å². The average Bonchev–Trinajstić information content (AvgIpc) is 3.17. The lowest BCUT2D eigenvalue weighted by molar-refractivity contribution is -0.133. The molecule has 3 aromatic rings. The molecule has 1 N–H and O–H groups in total. The number of nitrogens with zero attached hydrogens (tertiary/aromatic N) is 4. The Morgan fingerprint density at radius 2 is 1.91 bits per heavy atom. The number of benzene rings is 1. The van der Waals surface area contributed by atoms with E-state index in [1.54, 1.807) is 6.07 Å². The Kier molecular flexibility index (Phi) is 6.68. The quantitative estimate of drug-likeness (QED) is 0.628. The zero-order chi connectivity index (χ0) is 23.6. The van der Waals surface area contributed by atoms with E-state index in [1.807, 2.05) is 34.7 Å². The Bertz CT molecular complexity index is 1160. The standard InChI is InChI=1S/C16H13F2N3O.C7H14N2O/c1-9(2)12-6-15(10-3-4-13(17)14(18)5-10)20-21-7-11(8-22)19-16(12)21;1-7(2)6(10)8-4-5-9(7)3/h3-9H,1-2H3;4-5H2,1-3H3,(H,8,10). The van der Waals surface area contributed by atoms with Gasteiger partial charge in [-0.2, -0.15) is 5.10 Å². The van der Waals surface area contributed by atoms with Crippen LogP contribution in [0.15, 0.2) is 30.5 Å². The van der Waals surface area contributed by atoms with Crippen LogP contribution in [0.4, 0.5) is 8.78 Å². The summed E-state index contributed by atoms with van der Waals surface area (Å²) in [7, 11) is 1.97. The number of carbonyl (C=O) groups excluding carboxylic acids is 2. The van der Waals surface area contributed by atoms with E-state index in [9.17, 15) is 18.4 Å². The van der Waals surface area contributed by atoms with Crippen molar-refractivity contribution >= 4 is 17.8 Å². The van der Waals surface area contributed by atoms with Crippen LogP contribution in [0.1, 0.15) is 49.7 Å². The highest BCUT2D eigenvalue weighted by molar-refractivity contribution is 5.86. The Morgan fingerprint density at radius 3 is 2.47 bits per heavy atom. The van der Waals surface area contributed by atoms with Gasteiger partial charge in [0.25, 0.3) is 0 Å². The lowest BCUT2D eigenvalue weighted by Gasteiger charge is -2.38. The summed E-state index contributed by atoms with van der Waals surface area (Å²) in [5.74, 6) is -1.57. The van der Waals surface area contributed by atoms with Crippen molar-refractivity contribution < 1.29 is 18.4 Å². The minimum atomic E-state index is -0.926. The van der Waals surface area contributed by atoms with E-state index in [4.69, 9.17) is 0 Å². The predicted molar refractivity (Wildman–Crippen MR) is 118 cm³/mol. The first kappa shape index (κ1) is 23.5. The van der Waals surface area contributed by atoms with E-state index >= 15 is 0 Å². The van der Waals surface area contributed by atoms with Crippen LogP contribution >= 0.6 is 0 Å². The van der Waals surface area contributed by atoms with Crippen LogP contribution in [0.2, 0.25) is 0 Å². The minimum absolute atomic E-state index is 0.126. The zero-order valence-corrected chi connectivity index (χ0v) is 18.8. The highest BCUT2D eigenvalue weighted by atomic mass is 19.2. The van der Waals surface area contributed by atoms with E-state index in [0.29, 0.717) is 23.2 Å². The van der Waals surface area contributed by atoms with Gasteiger partial charge in [-0.1, -0.05) is 13.8 Å². The second kappa shape index (κ2) is 9.12. The smallest absolute Gasteiger partial charge is 0.239 e. The van der Waals surface area contributed by atoms with Crippen molar-refractivity contribution in [2.75, 3.05) is 20.1 Å². The van der Waals surface area contributed by atoms with Crippen LogP contribution < -0.4 is 5.32 Å². The SMILES string of the molecule is CC(C)c1cc(-c2ccc(F)c(F)c2)nn2cc(C=O)nc12.CN1CCNC(=O)C1(C)C. The lowest BCUT2D eigenvalue weighted by atomic mass is 10.0. The summed E-state index contributed by atoms with van der Waals surface area (Å²) in [6, 6.07) is 5.42. The zero-order valence-electron chi connectivity index (χ0n) is 18.8. The number of rotatable bonds is 3. The molecule has 1 saturated heterocycles. The third-order valence-corrected chi connectivity index (χ3v) is 5.67. The fraction of sp³-hybridized carbons (Fsp3) is 0.391. The highest BCUT2D eigenvalue weighted by Crippen LogP contribution is 2.26. The molecule has 1 amide bonds. The number of fused-ring (bicyclic) bond motifs is 1. The van der Waals surface area contributed by atoms with Crippen molar-refractivity contribution in [3.63, 3.8) is 0 Å². The number of hydrogen-bond acceptors (Lipinski definition) is 5. The van der Waals surface area contributed by atoms with Gasteiger partial charge in [0.1, 0.15) is 5.69 Å².